The Morgan fingerprint density at radius 2 is 2.00 bits per heavy atom. The fourth-order valence-corrected chi connectivity index (χ4v) is 1.14. The molecule has 1 rings (SSSR count). The molecule has 0 saturated heterocycles. The van der Waals surface area contributed by atoms with Gasteiger partial charge in [-0.15, -0.1) is 6.42 Å². The third-order valence-corrected chi connectivity index (χ3v) is 2.06. The van der Waals surface area contributed by atoms with Gasteiger partial charge in [-0.3, -0.25) is 0 Å². The van der Waals surface area contributed by atoms with Crippen molar-refractivity contribution in [2.24, 2.45) is 0 Å². The van der Waals surface area contributed by atoms with Crippen LogP contribution in [0.25, 0.3) is 0 Å². The lowest BCUT2D eigenvalue weighted by Crippen LogP contribution is -1.92. The van der Waals surface area contributed by atoms with E-state index >= 15 is 0 Å². The minimum Gasteiger partial charge on any atom is -0.495 e. The van der Waals surface area contributed by atoms with Gasteiger partial charge in [0.1, 0.15) is 5.75 Å². The average molecular weight is 160 g/mol. The zero-order valence-corrected chi connectivity index (χ0v) is 7.64. The summed E-state index contributed by atoms with van der Waals surface area (Å²) in [6, 6.07) is 3.91. The van der Waals surface area contributed by atoms with Gasteiger partial charge in [-0.25, -0.2) is 0 Å². The molecule has 0 aliphatic carbocycles. The highest BCUT2D eigenvalue weighted by Gasteiger charge is 2.04. The number of terminal acetylenes is 1. The molecule has 1 aromatic rings. The Bertz CT molecular complexity index is 332. The van der Waals surface area contributed by atoms with Crippen LogP contribution in [-0.2, 0) is 0 Å². The first-order valence-corrected chi connectivity index (χ1v) is 3.81. The lowest BCUT2D eigenvalue weighted by Gasteiger charge is -2.08. The van der Waals surface area contributed by atoms with Crippen LogP contribution in [-0.4, -0.2) is 7.11 Å². The van der Waals surface area contributed by atoms with Crippen LogP contribution in [0.5, 0.6) is 5.75 Å². The van der Waals surface area contributed by atoms with Gasteiger partial charge in [0, 0.05) is 0 Å². The van der Waals surface area contributed by atoms with Crippen molar-refractivity contribution in [1.29, 1.82) is 0 Å². The molecule has 0 fully saturated rings. The smallest absolute Gasteiger partial charge is 0.134 e. The molecule has 0 radical (unpaired) electrons. The molecule has 0 amide bonds. The van der Waals surface area contributed by atoms with Crippen LogP contribution in [0.15, 0.2) is 12.1 Å². The Morgan fingerprint density at radius 3 is 2.50 bits per heavy atom. The van der Waals surface area contributed by atoms with E-state index < -0.39 is 0 Å². The van der Waals surface area contributed by atoms with Crippen LogP contribution in [0, 0.1) is 26.2 Å². The second-order valence-corrected chi connectivity index (χ2v) is 2.73. The summed E-state index contributed by atoms with van der Waals surface area (Å²) >= 11 is 0. The van der Waals surface area contributed by atoms with Crippen molar-refractivity contribution in [3.63, 3.8) is 0 Å². The molecule has 0 bridgehead atoms. The summed E-state index contributed by atoms with van der Waals surface area (Å²) in [5.74, 6) is 3.41. The minimum atomic E-state index is 0.778. The lowest BCUT2D eigenvalue weighted by molar-refractivity contribution is 0.413. The van der Waals surface area contributed by atoms with Crippen LogP contribution in [0.2, 0.25) is 0 Å². The molecule has 12 heavy (non-hydrogen) atoms. The van der Waals surface area contributed by atoms with Crippen molar-refractivity contribution < 1.29 is 4.74 Å². The number of benzene rings is 1. The minimum absolute atomic E-state index is 0.778. The normalized spacial score (nSPS) is 9.17. The summed E-state index contributed by atoms with van der Waals surface area (Å²) < 4.78 is 5.13. The van der Waals surface area contributed by atoms with Gasteiger partial charge in [-0.05, 0) is 31.0 Å². The monoisotopic (exact) mass is 160 g/mol. The summed E-state index contributed by atoms with van der Waals surface area (Å²) in [5.41, 5.74) is 3.18. The third-order valence-electron chi connectivity index (χ3n) is 2.06. The first-order valence-electron chi connectivity index (χ1n) is 3.81. The van der Waals surface area contributed by atoms with Gasteiger partial charge in [0.25, 0.3) is 0 Å². The van der Waals surface area contributed by atoms with Crippen molar-refractivity contribution in [3.8, 4) is 18.1 Å². The van der Waals surface area contributed by atoms with E-state index in [0.717, 1.165) is 16.9 Å². The molecule has 1 nitrogen and oxygen atoms in total. The van der Waals surface area contributed by atoms with Crippen molar-refractivity contribution in [2.45, 2.75) is 13.8 Å². The molecular formula is C11H12O. The van der Waals surface area contributed by atoms with Crippen LogP contribution < -0.4 is 4.74 Å². The third kappa shape index (κ3) is 1.29. The zero-order chi connectivity index (χ0) is 9.14. The maximum atomic E-state index is 5.37. The predicted octanol–water partition coefficient (Wildman–Crippen LogP) is 2.29. The Balaban J connectivity index is 3.38. The molecule has 0 N–H and O–H groups in total. The second kappa shape index (κ2) is 3.32. The summed E-state index contributed by atoms with van der Waals surface area (Å²) in [4.78, 5) is 0. The van der Waals surface area contributed by atoms with E-state index in [1.54, 1.807) is 7.11 Å². The van der Waals surface area contributed by atoms with E-state index in [4.69, 9.17) is 11.2 Å². The predicted molar refractivity (Wildman–Crippen MR) is 50.4 cm³/mol. The van der Waals surface area contributed by atoms with E-state index in [9.17, 15) is 0 Å². The Labute approximate surface area is 73.4 Å². The number of ether oxygens (including phenoxy) is 1. The van der Waals surface area contributed by atoms with Crippen molar-refractivity contribution in [3.05, 3.63) is 28.8 Å². The van der Waals surface area contributed by atoms with Gasteiger partial charge in [-0.2, -0.15) is 0 Å². The molecule has 0 heterocycles. The van der Waals surface area contributed by atoms with Crippen LogP contribution in [0.4, 0.5) is 0 Å². The molecule has 62 valence electrons. The number of aryl methyl sites for hydroxylation is 1. The number of rotatable bonds is 1. The lowest BCUT2D eigenvalue weighted by atomic mass is 10.0. The number of hydrogen-bond donors (Lipinski definition) is 0. The molecule has 0 saturated carbocycles. The van der Waals surface area contributed by atoms with Gasteiger partial charge in [0.05, 0.1) is 12.7 Å². The average Bonchev–Trinajstić information content (AvgIpc) is 2.09. The molecule has 0 aliphatic heterocycles. The van der Waals surface area contributed by atoms with Crippen molar-refractivity contribution in [2.75, 3.05) is 7.11 Å². The van der Waals surface area contributed by atoms with Crippen molar-refractivity contribution in [1.82, 2.24) is 0 Å². The van der Waals surface area contributed by atoms with Crippen LogP contribution >= 0.6 is 0 Å². The quantitative estimate of drug-likeness (QED) is 0.573. The molecule has 0 aromatic heterocycles. The fraction of sp³-hybridized carbons (Fsp3) is 0.273. The van der Waals surface area contributed by atoms with Gasteiger partial charge in [-0.1, -0.05) is 12.0 Å². The highest BCUT2D eigenvalue weighted by molar-refractivity contribution is 5.52. The highest BCUT2D eigenvalue weighted by atomic mass is 16.5. The Morgan fingerprint density at radius 1 is 1.33 bits per heavy atom. The maximum absolute atomic E-state index is 5.37. The first kappa shape index (κ1) is 8.67. The molecule has 1 heteroatoms. The van der Waals surface area contributed by atoms with Gasteiger partial charge in [0.15, 0.2) is 0 Å². The molecule has 0 aliphatic rings. The number of methoxy groups -OCH3 is 1. The van der Waals surface area contributed by atoms with E-state index in [1.807, 2.05) is 26.0 Å². The molecular weight excluding hydrogens is 148 g/mol. The standard InChI is InChI=1S/C11H12O/c1-5-10-9(3)8(2)6-7-11(10)12-4/h1,6-7H,2-4H3. The molecule has 0 spiro atoms. The van der Waals surface area contributed by atoms with Gasteiger partial charge >= 0.3 is 0 Å². The zero-order valence-electron chi connectivity index (χ0n) is 7.64. The summed E-state index contributed by atoms with van der Waals surface area (Å²) in [5, 5.41) is 0. The Kier molecular flexibility index (Phi) is 2.40. The van der Waals surface area contributed by atoms with E-state index in [0.29, 0.717) is 0 Å². The summed E-state index contributed by atoms with van der Waals surface area (Å²) in [6.45, 7) is 4.04. The maximum Gasteiger partial charge on any atom is 0.134 e. The fourth-order valence-electron chi connectivity index (χ4n) is 1.14. The van der Waals surface area contributed by atoms with Crippen LogP contribution in [0.3, 0.4) is 0 Å². The second-order valence-electron chi connectivity index (χ2n) is 2.73. The number of hydrogen-bond acceptors (Lipinski definition) is 1. The van der Waals surface area contributed by atoms with Gasteiger partial charge in [0.2, 0.25) is 0 Å². The van der Waals surface area contributed by atoms with E-state index in [-0.39, 0.29) is 0 Å². The molecule has 0 unspecified atom stereocenters. The van der Waals surface area contributed by atoms with Crippen LogP contribution in [0.1, 0.15) is 16.7 Å². The first-order chi connectivity index (χ1) is 5.70. The van der Waals surface area contributed by atoms with Crippen molar-refractivity contribution >= 4 is 0 Å². The summed E-state index contributed by atoms with van der Waals surface area (Å²) in [6.07, 6.45) is 5.37. The van der Waals surface area contributed by atoms with Gasteiger partial charge < -0.3 is 4.74 Å². The van der Waals surface area contributed by atoms with E-state index in [1.165, 1.54) is 5.56 Å². The molecule has 1 aromatic carbocycles. The SMILES string of the molecule is C#Cc1c(OC)ccc(C)c1C. The molecule has 0 atom stereocenters. The Hall–Kier alpha value is -1.42. The highest BCUT2D eigenvalue weighted by Crippen LogP contribution is 2.23. The summed E-state index contributed by atoms with van der Waals surface area (Å²) in [7, 11) is 1.63. The largest absolute Gasteiger partial charge is 0.495 e. The topological polar surface area (TPSA) is 9.23 Å². The van der Waals surface area contributed by atoms with E-state index in [2.05, 4.69) is 5.92 Å².